The molecule has 1 unspecified atom stereocenters. The molecular formula is C12H16BrNO. The Morgan fingerprint density at radius 2 is 2.20 bits per heavy atom. The molecule has 1 aromatic carbocycles. The van der Waals surface area contributed by atoms with Crippen LogP contribution in [-0.2, 0) is 0 Å². The van der Waals surface area contributed by atoms with Gasteiger partial charge in [-0.2, -0.15) is 0 Å². The van der Waals surface area contributed by atoms with Crippen molar-refractivity contribution in [2.75, 3.05) is 13.2 Å². The first-order valence-corrected chi connectivity index (χ1v) is 6.26. The highest BCUT2D eigenvalue weighted by Crippen LogP contribution is 2.24. The summed E-state index contributed by atoms with van der Waals surface area (Å²) in [6, 6.07) is 8.51. The first kappa shape index (κ1) is 11.0. The van der Waals surface area contributed by atoms with E-state index in [1.54, 1.807) is 0 Å². The van der Waals surface area contributed by atoms with Crippen molar-refractivity contribution >= 4 is 15.9 Å². The molecule has 0 aromatic heterocycles. The van der Waals surface area contributed by atoms with Crippen molar-refractivity contribution in [1.82, 2.24) is 5.32 Å². The van der Waals surface area contributed by atoms with Gasteiger partial charge in [-0.15, -0.1) is 0 Å². The zero-order valence-electron chi connectivity index (χ0n) is 8.71. The van der Waals surface area contributed by atoms with Gasteiger partial charge in [0, 0.05) is 6.04 Å². The Morgan fingerprint density at radius 1 is 1.33 bits per heavy atom. The number of hydrogen-bond donors (Lipinski definition) is 1. The fraction of sp³-hybridized carbons (Fsp3) is 0.500. The minimum Gasteiger partial charge on any atom is -0.491 e. The van der Waals surface area contributed by atoms with Crippen LogP contribution in [0.25, 0.3) is 0 Å². The van der Waals surface area contributed by atoms with Crippen LogP contribution in [0.15, 0.2) is 28.7 Å². The van der Waals surface area contributed by atoms with E-state index in [0.29, 0.717) is 6.04 Å². The minimum absolute atomic E-state index is 0.519. The molecule has 0 spiro atoms. The highest BCUT2D eigenvalue weighted by Gasteiger charge is 2.13. The van der Waals surface area contributed by atoms with E-state index in [1.165, 1.54) is 19.3 Å². The molecular weight excluding hydrogens is 254 g/mol. The highest BCUT2D eigenvalue weighted by atomic mass is 79.9. The lowest BCUT2D eigenvalue weighted by atomic mass is 10.1. The number of hydrogen-bond acceptors (Lipinski definition) is 2. The Balaban J connectivity index is 1.84. The van der Waals surface area contributed by atoms with E-state index >= 15 is 0 Å². The maximum Gasteiger partial charge on any atom is 0.133 e. The average Bonchev–Trinajstić information content (AvgIpc) is 2.29. The number of ether oxygens (including phenoxy) is 1. The molecule has 1 atom stereocenters. The van der Waals surface area contributed by atoms with Crippen molar-refractivity contribution in [3.63, 3.8) is 0 Å². The average molecular weight is 270 g/mol. The van der Waals surface area contributed by atoms with Crippen LogP contribution in [0, 0.1) is 0 Å². The van der Waals surface area contributed by atoms with E-state index in [9.17, 15) is 0 Å². The summed E-state index contributed by atoms with van der Waals surface area (Å²) in [4.78, 5) is 0. The van der Waals surface area contributed by atoms with Crippen molar-refractivity contribution in [2.24, 2.45) is 0 Å². The van der Waals surface area contributed by atoms with Gasteiger partial charge >= 0.3 is 0 Å². The molecule has 82 valence electrons. The van der Waals surface area contributed by atoms with E-state index in [4.69, 9.17) is 4.74 Å². The van der Waals surface area contributed by atoms with Crippen LogP contribution < -0.4 is 10.1 Å². The maximum absolute atomic E-state index is 5.77. The molecule has 0 radical (unpaired) electrons. The first-order valence-electron chi connectivity index (χ1n) is 5.47. The number of benzene rings is 1. The van der Waals surface area contributed by atoms with Gasteiger partial charge in [0.2, 0.25) is 0 Å². The summed E-state index contributed by atoms with van der Waals surface area (Å²) in [6.45, 7) is 1.90. The van der Waals surface area contributed by atoms with Crippen LogP contribution >= 0.6 is 15.9 Å². The quantitative estimate of drug-likeness (QED) is 0.911. The number of piperidine rings is 1. The third kappa shape index (κ3) is 3.21. The van der Waals surface area contributed by atoms with Gasteiger partial charge in [0.15, 0.2) is 0 Å². The molecule has 1 saturated heterocycles. The number of halogens is 1. The molecule has 1 heterocycles. The van der Waals surface area contributed by atoms with Gasteiger partial charge in [-0.25, -0.2) is 0 Å². The van der Waals surface area contributed by atoms with E-state index in [2.05, 4.69) is 21.2 Å². The highest BCUT2D eigenvalue weighted by molar-refractivity contribution is 9.10. The largest absolute Gasteiger partial charge is 0.491 e. The Hall–Kier alpha value is -0.540. The summed E-state index contributed by atoms with van der Waals surface area (Å²) in [5.41, 5.74) is 0. The molecule has 15 heavy (non-hydrogen) atoms. The molecule has 1 aliphatic heterocycles. The molecule has 1 N–H and O–H groups in total. The summed E-state index contributed by atoms with van der Waals surface area (Å²) in [5.74, 6) is 0.935. The third-order valence-corrected chi connectivity index (χ3v) is 3.34. The number of nitrogens with one attached hydrogen (secondary N) is 1. The minimum atomic E-state index is 0.519. The lowest BCUT2D eigenvalue weighted by Gasteiger charge is -2.23. The van der Waals surface area contributed by atoms with Crippen molar-refractivity contribution in [2.45, 2.75) is 25.3 Å². The van der Waals surface area contributed by atoms with Gasteiger partial charge in [-0.1, -0.05) is 18.6 Å². The van der Waals surface area contributed by atoms with Crippen LogP contribution in [0.1, 0.15) is 19.3 Å². The maximum atomic E-state index is 5.77. The van der Waals surface area contributed by atoms with Gasteiger partial charge in [0.25, 0.3) is 0 Å². The summed E-state index contributed by atoms with van der Waals surface area (Å²) in [6.07, 6.45) is 3.84. The Labute approximate surface area is 99.1 Å². The van der Waals surface area contributed by atoms with Crippen molar-refractivity contribution in [1.29, 1.82) is 0 Å². The predicted molar refractivity (Wildman–Crippen MR) is 65.3 cm³/mol. The molecule has 0 amide bonds. The lowest BCUT2D eigenvalue weighted by molar-refractivity contribution is 0.238. The van der Waals surface area contributed by atoms with Gasteiger partial charge in [-0.05, 0) is 47.4 Å². The van der Waals surface area contributed by atoms with E-state index in [-0.39, 0.29) is 0 Å². The molecule has 0 aliphatic carbocycles. The Bertz CT molecular complexity index is 310. The van der Waals surface area contributed by atoms with Gasteiger partial charge < -0.3 is 10.1 Å². The SMILES string of the molecule is Brc1ccccc1OCC1CCCCN1. The molecule has 1 aliphatic rings. The van der Waals surface area contributed by atoms with Crippen LogP contribution in [0.3, 0.4) is 0 Å². The molecule has 0 saturated carbocycles. The van der Waals surface area contributed by atoms with Crippen molar-refractivity contribution in [3.8, 4) is 5.75 Å². The molecule has 1 aromatic rings. The van der Waals surface area contributed by atoms with Crippen LogP contribution in [0.4, 0.5) is 0 Å². The lowest BCUT2D eigenvalue weighted by Crippen LogP contribution is -2.38. The second-order valence-corrected chi connectivity index (χ2v) is 4.74. The fourth-order valence-corrected chi connectivity index (χ4v) is 2.22. The second kappa shape index (κ2) is 5.52. The second-order valence-electron chi connectivity index (χ2n) is 3.89. The fourth-order valence-electron chi connectivity index (χ4n) is 1.82. The molecule has 2 nitrogen and oxygen atoms in total. The molecule has 0 bridgehead atoms. The zero-order chi connectivity index (χ0) is 10.5. The van der Waals surface area contributed by atoms with E-state index < -0.39 is 0 Å². The van der Waals surface area contributed by atoms with Crippen LogP contribution in [0.5, 0.6) is 5.75 Å². The zero-order valence-corrected chi connectivity index (χ0v) is 10.3. The first-order chi connectivity index (χ1) is 7.36. The molecule has 2 rings (SSSR count). The Kier molecular flexibility index (Phi) is 4.03. The summed E-state index contributed by atoms with van der Waals surface area (Å²) in [5, 5.41) is 3.47. The molecule has 3 heteroatoms. The topological polar surface area (TPSA) is 21.3 Å². The van der Waals surface area contributed by atoms with Gasteiger partial charge in [0.05, 0.1) is 4.47 Å². The third-order valence-electron chi connectivity index (χ3n) is 2.69. The van der Waals surface area contributed by atoms with Gasteiger partial charge in [0.1, 0.15) is 12.4 Å². The number of rotatable bonds is 3. The number of para-hydroxylation sites is 1. The monoisotopic (exact) mass is 269 g/mol. The predicted octanol–water partition coefficient (Wildman–Crippen LogP) is 2.97. The molecule has 1 fully saturated rings. The Morgan fingerprint density at radius 3 is 2.93 bits per heavy atom. The van der Waals surface area contributed by atoms with Crippen molar-refractivity contribution < 1.29 is 4.74 Å². The normalized spacial score (nSPS) is 21.3. The standard InChI is InChI=1S/C12H16BrNO/c13-11-6-1-2-7-12(11)15-9-10-5-3-4-8-14-10/h1-2,6-7,10,14H,3-5,8-9H2. The van der Waals surface area contributed by atoms with Crippen molar-refractivity contribution in [3.05, 3.63) is 28.7 Å². The summed E-state index contributed by atoms with van der Waals surface area (Å²) >= 11 is 3.48. The van der Waals surface area contributed by atoms with E-state index in [1.807, 2.05) is 24.3 Å². The van der Waals surface area contributed by atoms with E-state index in [0.717, 1.165) is 23.4 Å². The summed E-state index contributed by atoms with van der Waals surface area (Å²) in [7, 11) is 0. The van der Waals surface area contributed by atoms with Gasteiger partial charge in [-0.3, -0.25) is 0 Å². The van der Waals surface area contributed by atoms with Crippen LogP contribution in [-0.4, -0.2) is 19.2 Å². The van der Waals surface area contributed by atoms with Crippen LogP contribution in [0.2, 0.25) is 0 Å². The summed E-state index contributed by atoms with van der Waals surface area (Å²) < 4.78 is 6.80. The smallest absolute Gasteiger partial charge is 0.133 e.